The fraction of sp³-hybridized carbons (Fsp3) is 0.385. The Balaban J connectivity index is 1.79. The molecule has 0 atom stereocenters. The summed E-state index contributed by atoms with van der Waals surface area (Å²) in [5.74, 6) is 0.131. The Kier molecular flexibility index (Phi) is 6.07. The van der Waals surface area contributed by atoms with E-state index in [4.69, 9.17) is 4.74 Å². The maximum atomic E-state index is 13.7. The number of carbonyl (C=O) groups is 2. The van der Waals surface area contributed by atoms with Crippen molar-refractivity contribution in [3.05, 3.63) is 64.9 Å². The number of ether oxygens (including phenoxy) is 1. The van der Waals surface area contributed by atoms with Gasteiger partial charge in [-0.25, -0.2) is 4.90 Å². The van der Waals surface area contributed by atoms with Gasteiger partial charge in [-0.05, 0) is 87.8 Å². The summed E-state index contributed by atoms with van der Waals surface area (Å²) in [5, 5.41) is 0. The molecule has 0 saturated carbocycles. The summed E-state index contributed by atoms with van der Waals surface area (Å²) >= 11 is 0. The molecule has 2 aromatic rings. The smallest absolute Gasteiger partial charge is 0.282 e. The van der Waals surface area contributed by atoms with Gasteiger partial charge in [-0.1, -0.05) is 18.2 Å². The maximum absolute atomic E-state index is 13.7. The second kappa shape index (κ2) is 8.79. The first-order valence-electron chi connectivity index (χ1n) is 11.1. The van der Waals surface area contributed by atoms with Crippen LogP contribution < -0.4 is 9.64 Å². The van der Waals surface area contributed by atoms with Gasteiger partial charge in [-0.15, -0.1) is 0 Å². The number of benzene rings is 2. The van der Waals surface area contributed by atoms with Crippen LogP contribution in [0.1, 0.15) is 29.5 Å². The van der Waals surface area contributed by atoms with Crippen LogP contribution >= 0.6 is 0 Å². The molecule has 2 aliphatic rings. The van der Waals surface area contributed by atoms with Crippen LogP contribution in [0.25, 0.3) is 5.57 Å². The quantitative estimate of drug-likeness (QED) is 0.674. The van der Waals surface area contributed by atoms with Gasteiger partial charge in [0.2, 0.25) is 0 Å². The van der Waals surface area contributed by atoms with Crippen molar-refractivity contribution in [2.45, 2.75) is 32.7 Å². The lowest BCUT2D eigenvalue weighted by Crippen LogP contribution is -2.43. The lowest BCUT2D eigenvalue weighted by atomic mass is 9.97. The lowest BCUT2D eigenvalue weighted by molar-refractivity contribution is -0.120. The zero-order valence-electron chi connectivity index (χ0n) is 19.5. The number of likely N-dealkylation sites (N-methyl/N-ethyl adjacent to an activating group) is 1. The van der Waals surface area contributed by atoms with Gasteiger partial charge in [0, 0.05) is 13.1 Å². The van der Waals surface area contributed by atoms with E-state index in [1.807, 2.05) is 44.0 Å². The standard InChI is InChI=1S/C26H31N3O3/c1-17-6-7-19(16-18(17)2)23-24(28(4)20-12-14-27(3)15-13-20)26(31)29(25(23)30)21-8-10-22(32-5)11-9-21/h6-11,16,20H,12-15H2,1-5H3. The average Bonchev–Trinajstić information content (AvgIpc) is 3.05. The Labute approximate surface area is 190 Å². The number of carbonyl (C=O) groups excluding carboxylic acids is 2. The molecule has 2 amide bonds. The third-order valence-electron chi connectivity index (χ3n) is 6.77. The monoisotopic (exact) mass is 433 g/mol. The first-order valence-corrected chi connectivity index (χ1v) is 11.1. The number of likely N-dealkylation sites (tertiary alicyclic amines) is 1. The second-order valence-electron chi connectivity index (χ2n) is 8.81. The van der Waals surface area contributed by atoms with Gasteiger partial charge in [0.1, 0.15) is 11.4 Å². The summed E-state index contributed by atoms with van der Waals surface area (Å²) in [6, 6.07) is 13.2. The fourth-order valence-electron chi connectivity index (χ4n) is 4.53. The van der Waals surface area contributed by atoms with E-state index in [2.05, 4.69) is 11.9 Å². The Morgan fingerprint density at radius 1 is 0.938 bits per heavy atom. The third kappa shape index (κ3) is 3.91. The highest BCUT2D eigenvalue weighted by molar-refractivity contribution is 6.45. The first kappa shape index (κ1) is 22.1. The minimum Gasteiger partial charge on any atom is -0.497 e. The summed E-state index contributed by atoms with van der Waals surface area (Å²) in [4.78, 5) is 33.1. The minimum absolute atomic E-state index is 0.218. The molecule has 6 nitrogen and oxygen atoms in total. The SMILES string of the molecule is COc1ccc(N2C(=O)C(c3ccc(C)c(C)c3)=C(N(C)C3CCN(C)CC3)C2=O)cc1. The van der Waals surface area contributed by atoms with Gasteiger partial charge in [0.05, 0.1) is 18.4 Å². The Hall–Kier alpha value is -3.12. The Morgan fingerprint density at radius 3 is 2.19 bits per heavy atom. The molecule has 0 aliphatic carbocycles. The number of piperidine rings is 1. The van der Waals surface area contributed by atoms with Crippen molar-refractivity contribution < 1.29 is 14.3 Å². The first-order chi connectivity index (χ1) is 15.3. The highest BCUT2D eigenvalue weighted by Gasteiger charge is 2.43. The van der Waals surface area contributed by atoms with Gasteiger partial charge in [-0.3, -0.25) is 9.59 Å². The molecule has 2 aromatic carbocycles. The number of rotatable bonds is 5. The number of amides is 2. The molecule has 2 aliphatic heterocycles. The molecule has 6 heteroatoms. The maximum Gasteiger partial charge on any atom is 0.282 e. The van der Waals surface area contributed by atoms with Crippen molar-refractivity contribution >= 4 is 23.1 Å². The van der Waals surface area contributed by atoms with Gasteiger partial charge in [-0.2, -0.15) is 0 Å². The molecule has 0 unspecified atom stereocenters. The van der Waals surface area contributed by atoms with Crippen LogP contribution in [0.5, 0.6) is 5.75 Å². The molecule has 0 radical (unpaired) electrons. The zero-order valence-corrected chi connectivity index (χ0v) is 19.5. The Bertz CT molecular complexity index is 1070. The van der Waals surface area contributed by atoms with E-state index in [0.29, 0.717) is 22.7 Å². The number of methoxy groups -OCH3 is 1. The van der Waals surface area contributed by atoms with Crippen LogP contribution in [-0.4, -0.2) is 62.0 Å². The van der Waals surface area contributed by atoms with Crippen molar-refractivity contribution in [3.8, 4) is 5.75 Å². The predicted molar refractivity (Wildman–Crippen MR) is 127 cm³/mol. The molecule has 1 saturated heterocycles. The van der Waals surface area contributed by atoms with Crippen molar-refractivity contribution in [1.29, 1.82) is 0 Å². The molecule has 0 spiro atoms. The molecule has 2 heterocycles. The molecule has 4 rings (SSSR count). The van der Waals surface area contributed by atoms with Crippen LogP contribution in [0.3, 0.4) is 0 Å². The molecule has 0 bridgehead atoms. The molecule has 32 heavy (non-hydrogen) atoms. The van der Waals surface area contributed by atoms with E-state index in [1.165, 1.54) is 4.90 Å². The highest BCUT2D eigenvalue weighted by atomic mass is 16.5. The van der Waals surface area contributed by atoms with Crippen molar-refractivity contribution in [3.63, 3.8) is 0 Å². The number of nitrogens with zero attached hydrogens (tertiary/aromatic N) is 3. The van der Waals surface area contributed by atoms with Gasteiger partial charge >= 0.3 is 0 Å². The Morgan fingerprint density at radius 2 is 1.59 bits per heavy atom. The summed E-state index contributed by atoms with van der Waals surface area (Å²) in [5.41, 5.74) is 4.56. The molecular weight excluding hydrogens is 402 g/mol. The van der Waals surface area contributed by atoms with Crippen LogP contribution in [-0.2, 0) is 9.59 Å². The van der Waals surface area contributed by atoms with Crippen LogP contribution in [0.4, 0.5) is 5.69 Å². The summed E-state index contributed by atoms with van der Waals surface area (Å²) in [6.45, 7) is 6.03. The van der Waals surface area contributed by atoms with Crippen molar-refractivity contribution in [1.82, 2.24) is 9.80 Å². The van der Waals surface area contributed by atoms with Gasteiger partial charge in [0.15, 0.2) is 0 Å². The van der Waals surface area contributed by atoms with E-state index in [-0.39, 0.29) is 17.9 Å². The average molecular weight is 434 g/mol. The molecule has 0 N–H and O–H groups in total. The van der Waals surface area contributed by atoms with Crippen LogP contribution in [0, 0.1) is 13.8 Å². The number of anilines is 1. The van der Waals surface area contributed by atoms with E-state index >= 15 is 0 Å². The predicted octanol–water partition coefficient (Wildman–Crippen LogP) is 3.62. The third-order valence-corrected chi connectivity index (χ3v) is 6.77. The molecule has 0 aromatic heterocycles. The summed E-state index contributed by atoms with van der Waals surface area (Å²) in [7, 11) is 5.66. The molecular formula is C26H31N3O3. The number of hydrogen-bond acceptors (Lipinski definition) is 5. The van der Waals surface area contributed by atoms with E-state index < -0.39 is 0 Å². The number of aryl methyl sites for hydroxylation is 2. The second-order valence-corrected chi connectivity index (χ2v) is 8.81. The zero-order chi connectivity index (χ0) is 23.0. The number of hydrogen-bond donors (Lipinski definition) is 0. The molecule has 1 fully saturated rings. The largest absolute Gasteiger partial charge is 0.497 e. The van der Waals surface area contributed by atoms with E-state index in [9.17, 15) is 9.59 Å². The topological polar surface area (TPSA) is 53.1 Å². The van der Waals surface area contributed by atoms with Crippen LogP contribution in [0.15, 0.2) is 48.2 Å². The van der Waals surface area contributed by atoms with Crippen LogP contribution in [0.2, 0.25) is 0 Å². The fourth-order valence-corrected chi connectivity index (χ4v) is 4.53. The minimum atomic E-state index is -0.279. The summed E-state index contributed by atoms with van der Waals surface area (Å²) in [6.07, 6.45) is 1.92. The molecule has 168 valence electrons. The van der Waals surface area contributed by atoms with Gasteiger partial charge < -0.3 is 14.5 Å². The van der Waals surface area contributed by atoms with E-state index in [0.717, 1.165) is 42.6 Å². The van der Waals surface area contributed by atoms with Crippen molar-refractivity contribution in [2.24, 2.45) is 0 Å². The van der Waals surface area contributed by atoms with Crippen molar-refractivity contribution in [2.75, 3.05) is 39.2 Å². The lowest BCUT2D eigenvalue weighted by Gasteiger charge is -2.36. The normalized spacial score (nSPS) is 18.0. The number of imide groups is 1. The van der Waals surface area contributed by atoms with Gasteiger partial charge in [0.25, 0.3) is 11.8 Å². The summed E-state index contributed by atoms with van der Waals surface area (Å²) < 4.78 is 5.24. The van der Waals surface area contributed by atoms with E-state index in [1.54, 1.807) is 31.4 Å². The highest BCUT2D eigenvalue weighted by Crippen LogP contribution is 2.37.